The molecule has 0 fully saturated rings. The molecule has 0 spiro atoms. The van der Waals surface area contributed by atoms with Gasteiger partial charge in [0.2, 0.25) is 0 Å². The van der Waals surface area contributed by atoms with Crippen molar-refractivity contribution in [1.82, 2.24) is 0 Å². The lowest BCUT2D eigenvalue weighted by atomic mass is 9.76. The van der Waals surface area contributed by atoms with Gasteiger partial charge < -0.3 is 0 Å². The molecule has 0 aromatic heterocycles. The van der Waals surface area contributed by atoms with E-state index in [0.717, 1.165) is 0 Å². The van der Waals surface area contributed by atoms with Crippen LogP contribution >= 0.6 is 0 Å². The maximum Gasteiger partial charge on any atom is 0.142 e. The van der Waals surface area contributed by atoms with Crippen molar-refractivity contribution in [3.05, 3.63) is 12.7 Å². The van der Waals surface area contributed by atoms with E-state index < -0.39 is 0 Å². The third-order valence-corrected chi connectivity index (χ3v) is 2.49. The first kappa shape index (κ1) is 10.4. The normalized spacial score (nSPS) is 11.7. The van der Waals surface area contributed by atoms with Crippen LogP contribution in [0.5, 0.6) is 0 Å². The molecule has 1 heteroatoms. The Morgan fingerprint density at radius 3 is 2.27 bits per heavy atom. The molecule has 0 aliphatic heterocycles. The molecular formula is C10H18O. The highest BCUT2D eigenvalue weighted by atomic mass is 16.1. The fourth-order valence-corrected chi connectivity index (χ4v) is 0.716. The maximum absolute atomic E-state index is 11.4. The van der Waals surface area contributed by atoms with Crippen LogP contribution in [-0.2, 0) is 4.79 Å². The average molecular weight is 154 g/mol. The van der Waals surface area contributed by atoms with E-state index >= 15 is 0 Å². The Morgan fingerprint density at radius 1 is 1.55 bits per heavy atom. The van der Waals surface area contributed by atoms with Gasteiger partial charge in [0.25, 0.3) is 0 Å². The van der Waals surface area contributed by atoms with Crippen molar-refractivity contribution >= 4 is 5.78 Å². The molecule has 0 radical (unpaired) electrons. The zero-order chi connectivity index (χ0) is 9.07. The second kappa shape index (κ2) is 3.70. The lowest BCUT2D eigenvalue weighted by molar-refractivity contribution is -0.128. The fraction of sp³-hybridized carbons (Fsp3) is 0.700. The Hall–Kier alpha value is -0.590. The molecule has 0 heterocycles. The predicted octanol–water partition coefficient (Wildman–Crippen LogP) is 2.81. The fourth-order valence-electron chi connectivity index (χ4n) is 0.716. The number of hydrogen-bond acceptors (Lipinski definition) is 1. The first-order chi connectivity index (χ1) is 4.92. The Morgan fingerprint density at radius 2 is 2.00 bits per heavy atom. The molecule has 0 N–H and O–H groups in total. The first-order valence-corrected chi connectivity index (χ1v) is 4.07. The van der Waals surface area contributed by atoms with Gasteiger partial charge in [-0.25, -0.2) is 0 Å². The van der Waals surface area contributed by atoms with E-state index in [0.29, 0.717) is 12.3 Å². The number of carbonyl (C=O) groups excluding carboxylic acids is 1. The second-order valence-electron chi connectivity index (χ2n) is 3.79. The number of allylic oxidation sites excluding steroid dienone is 1. The standard InChI is InChI=1S/C10H18O/c1-6-7-9(11)10(4,5)8(2)3/h6,8H,1,7H2,2-5H3. The molecule has 0 amide bonds. The lowest BCUT2D eigenvalue weighted by Gasteiger charge is -2.26. The topological polar surface area (TPSA) is 17.1 Å². The van der Waals surface area contributed by atoms with E-state index in [4.69, 9.17) is 0 Å². The SMILES string of the molecule is C=CCC(=O)C(C)(C)C(C)C. The van der Waals surface area contributed by atoms with Crippen LogP contribution in [0.25, 0.3) is 0 Å². The maximum atomic E-state index is 11.4. The average Bonchev–Trinajstić information content (AvgIpc) is 1.88. The third kappa shape index (κ3) is 2.49. The number of ketones is 1. The molecular weight excluding hydrogens is 136 g/mol. The van der Waals surface area contributed by atoms with Gasteiger partial charge in [0.05, 0.1) is 0 Å². The minimum atomic E-state index is -0.200. The summed E-state index contributed by atoms with van der Waals surface area (Å²) in [5, 5.41) is 0. The number of rotatable bonds is 4. The van der Waals surface area contributed by atoms with Gasteiger partial charge in [0.1, 0.15) is 5.78 Å². The summed E-state index contributed by atoms with van der Waals surface area (Å²) >= 11 is 0. The molecule has 0 saturated carbocycles. The summed E-state index contributed by atoms with van der Waals surface area (Å²) < 4.78 is 0. The van der Waals surface area contributed by atoms with Crippen LogP contribution in [0.1, 0.15) is 34.1 Å². The smallest absolute Gasteiger partial charge is 0.142 e. The largest absolute Gasteiger partial charge is 0.299 e. The molecule has 0 bridgehead atoms. The highest BCUT2D eigenvalue weighted by Crippen LogP contribution is 2.28. The zero-order valence-electron chi connectivity index (χ0n) is 7.98. The predicted molar refractivity (Wildman–Crippen MR) is 48.4 cm³/mol. The number of carbonyl (C=O) groups is 1. The van der Waals surface area contributed by atoms with Crippen LogP contribution in [0.15, 0.2) is 12.7 Å². The van der Waals surface area contributed by atoms with Gasteiger partial charge in [-0.1, -0.05) is 33.8 Å². The molecule has 0 saturated heterocycles. The Kier molecular flexibility index (Phi) is 3.50. The minimum Gasteiger partial charge on any atom is -0.299 e. The van der Waals surface area contributed by atoms with Crippen molar-refractivity contribution in [2.24, 2.45) is 11.3 Å². The zero-order valence-corrected chi connectivity index (χ0v) is 7.98. The monoisotopic (exact) mass is 154 g/mol. The van der Waals surface area contributed by atoms with Gasteiger partial charge in [-0.2, -0.15) is 0 Å². The van der Waals surface area contributed by atoms with Crippen molar-refractivity contribution in [3.8, 4) is 0 Å². The van der Waals surface area contributed by atoms with Gasteiger partial charge in [-0.15, -0.1) is 6.58 Å². The quantitative estimate of drug-likeness (QED) is 0.569. The van der Waals surface area contributed by atoms with Crippen LogP contribution in [0.3, 0.4) is 0 Å². The van der Waals surface area contributed by atoms with Crippen molar-refractivity contribution in [2.75, 3.05) is 0 Å². The van der Waals surface area contributed by atoms with Crippen LogP contribution in [0.4, 0.5) is 0 Å². The van der Waals surface area contributed by atoms with Gasteiger partial charge >= 0.3 is 0 Å². The summed E-state index contributed by atoms with van der Waals surface area (Å²) in [6.07, 6.45) is 2.16. The minimum absolute atomic E-state index is 0.200. The number of hydrogen-bond donors (Lipinski definition) is 0. The van der Waals surface area contributed by atoms with Crippen LogP contribution in [0.2, 0.25) is 0 Å². The van der Waals surface area contributed by atoms with E-state index in [1.165, 1.54) is 0 Å². The van der Waals surface area contributed by atoms with Crippen LogP contribution < -0.4 is 0 Å². The molecule has 0 unspecified atom stereocenters. The lowest BCUT2D eigenvalue weighted by Crippen LogP contribution is -2.29. The highest BCUT2D eigenvalue weighted by Gasteiger charge is 2.29. The third-order valence-electron chi connectivity index (χ3n) is 2.49. The van der Waals surface area contributed by atoms with E-state index in [2.05, 4.69) is 20.4 Å². The molecule has 0 aromatic rings. The van der Waals surface area contributed by atoms with Crippen LogP contribution in [0, 0.1) is 11.3 Å². The number of Topliss-reactive ketones (excluding diaryl/α,β-unsaturated/α-hetero) is 1. The summed E-state index contributed by atoms with van der Waals surface area (Å²) in [7, 11) is 0. The summed E-state index contributed by atoms with van der Waals surface area (Å²) in [6, 6.07) is 0. The first-order valence-electron chi connectivity index (χ1n) is 4.07. The van der Waals surface area contributed by atoms with Crippen LogP contribution in [-0.4, -0.2) is 5.78 Å². The van der Waals surface area contributed by atoms with Crippen molar-refractivity contribution < 1.29 is 4.79 Å². The summed E-state index contributed by atoms with van der Waals surface area (Å²) in [4.78, 5) is 11.4. The van der Waals surface area contributed by atoms with E-state index in [1.54, 1.807) is 6.08 Å². The van der Waals surface area contributed by atoms with Crippen molar-refractivity contribution in [2.45, 2.75) is 34.1 Å². The molecule has 0 aliphatic carbocycles. The Balaban J connectivity index is 4.29. The molecule has 0 aromatic carbocycles. The van der Waals surface area contributed by atoms with E-state index in [9.17, 15) is 4.79 Å². The molecule has 1 nitrogen and oxygen atoms in total. The van der Waals surface area contributed by atoms with Gasteiger partial charge in [0.15, 0.2) is 0 Å². The molecule has 0 rings (SSSR count). The summed E-state index contributed by atoms with van der Waals surface area (Å²) in [6.45, 7) is 11.7. The molecule has 64 valence electrons. The highest BCUT2D eigenvalue weighted by molar-refractivity contribution is 5.85. The van der Waals surface area contributed by atoms with E-state index in [1.807, 2.05) is 13.8 Å². The summed E-state index contributed by atoms with van der Waals surface area (Å²) in [5.74, 6) is 0.678. The Bertz CT molecular complexity index is 154. The van der Waals surface area contributed by atoms with Crippen molar-refractivity contribution in [3.63, 3.8) is 0 Å². The van der Waals surface area contributed by atoms with E-state index in [-0.39, 0.29) is 11.2 Å². The molecule has 0 aliphatic rings. The molecule has 11 heavy (non-hydrogen) atoms. The van der Waals surface area contributed by atoms with Gasteiger partial charge in [-0.05, 0) is 5.92 Å². The van der Waals surface area contributed by atoms with Gasteiger partial charge in [-0.3, -0.25) is 4.79 Å². The molecule has 0 atom stereocenters. The summed E-state index contributed by atoms with van der Waals surface area (Å²) in [5.41, 5.74) is -0.200. The van der Waals surface area contributed by atoms with Gasteiger partial charge in [0, 0.05) is 11.8 Å². The van der Waals surface area contributed by atoms with Crippen molar-refractivity contribution in [1.29, 1.82) is 0 Å². The second-order valence-corrected chi connectivity index (χ2v) is 3.79. The Labute approximate surface area is 69.5 Å².